The number of benzene rings is 2. The molecule has 1 spiro atoms. The first-order valence-electron chi connectivity index (χ1n) is 20.0. The van der Waals surface area contributed by atoms with Gasteiger partial charge in [0.15, 0.2) is 6.29 Å². The fourth-order valence-electron chi connectivity index (χ4n) is 10.5. The second-order valence-electron chi connectivity index (χ2n) is 16.3. The smallest absolute Gasteiger partial charge is 0.153 e. The van der Waals surface area contributed by atoms with Gasteiger partial charge in [0.25, 0.3) is 0 Å². The Bertz CT molecular complexity index is 1600. The second kappa shape index (κ2) is 16.2. The van der Waals surface area contributed by atoms with E-state index in [0.717, 1.165) is 88.0 Å². The lowest BCUT2D eigenvalue weighted by Crippen LogP contribution is -2.40. The number of aliphatic imine (C=N–C) groups is 1. The lowest BCUT2D eigenvalue weighted by Gasteiger charge is -2.37. The molecule has 3 aliphatic carbocycles. The molecule has 7 rings (SSSR count). The van der Waals surface area contributed by atoms with E-state index < -0.39 is 0 Å². The number of hydrogen-bond acceptors (Lipinski definition) is 6. The Kier molecular flexibility index (Phi) is 11.5. The molecule has 4 fully saturated rings. The molecule has 2 aromatic carbocycles. The van der Waals surface area contributed by atoms with E-state index in [1.807, 2.05) is 25.4 Å². The summed E-state index contributed by atoms with van der Waals surface area (Å²) in [6, 6.07) is 12.9. The van der Waals surface area contributed by atoms with E-state index >= 15 is 0 Å². The SMILES string of the molecule is CN=C1N(c2cccc(Cl)c2C=O)c2cc(C3CCCN(CC4CCC(/C(N)=C/NC(C=O)C5CCCCC5)CC4)C3)ccc2C12CCCCC2. The number of amidine groups is 1. The Balaban J connectivity index is 1.03. The van der Waals surface area contributed by atoms with Gasteiger partial charge in [0.1, 0.15) is 12.1 Å². The number of likely N-dealkylation sites (tertiary alicyclic amines) is 1. The van der Waals surface area contributed by atoms with Gasteiger partial charge in [-0.25, -0.2) is 0 Å². The van der Waals surface area contributed by atoms with Crippen molar-refractivity contribution in [2.24, 2.45) is 28.5 Å². The molecule has 3 saturated carbocycles. The van der Waals surface area contributed by atoms with Gasteiger partial charge >= 0.3 is 0 Å². The van der Waals surface area contributed by atoms with E-state index in [-0.39, 0.29) is 11.5 Å². The highest BCUT2D eigenvalue weighted by Gasteiger charge is 2.50. The third-order valence-electron chi connectivity index (χ3n) is 13.3. The topological polar surface area (TPSA) is 91.0 Å². The van der Waals surface area contributed by atoms with Crippen molar-refractivity contribution in [3.8, 4) is 0 Å². The molecule has 2 heterocycles. The molecule has 51 heavy (non-hydrogen) atoms. The third kappa shape index (κ3) is 7.40. The number of nitrogens with zero attached hydrogens (tertiary/aromatic N) is 3. The first-order valence-corrected chi connectivity index (χ1v) is 20.4. The molecule has 0 aromatic heterocycles. The monoisotopic (exact) mass is 711 g/mol. The molecular formula is C43H58ClN5O2. The lowest BCUT2D eigenvalue weighted by molar-refractivity contribution is -0.110. The van der Waals surface area contributed by atoms with Gasteiger partial charge in [-0.15, -0.1) is 0 Å². The van der Waals surface area contributed by atoms with Crippen LogP contribution in [0.2, 0.25) is 5.02 Å². The predicted octanol–water partition coefficient (Wildman–Crippen LogP) is 9.06. The highest BCUT2D eigenvalue weighted by Crippen LogP contribution is 2.54. The normalized spacial score (nSPS) is 27.3. The van der Waals surface area contributed by atoms with Gasteiger partial charge < -0.3 is 20.7 Å². The number of hydrogen-bond donors (Lipinski definition) is 2. The summed E-state index contributed by atoms with van der Waals surface area (Å²) >= 11 is 6.61. The first kappa shape index (κ1) is 36.2. The minimum absolute atomic E-state index is 0.109. The van der Waals surface area contributed by atoms with Crippen molar-refractivity contribution in [2.75, 3.05) is 31.6 Å². The number of nitrogens with one attached hydrogen (secondary N) is 1. The maximum Gasteiger partial charge on any atom is 0.153 e. The molecule has 2 atom stereocenters. The maximum atomic E-state index is 12.4. The van der Waals surface area contributed by atoms with Crippen LogP contribution < -0.4 is 16.0 Å². The Morgan fingerprint density at radius 3 is 2.45 bits per heavy atom. The molecule has 5 aliphatic rings. The number of fused-ring (bicyclic) bond motifs is 2. The number of carbonyl (C=O) groups is 2. The molecule has 8 heteroatoms. The molecule has 1 saturated heterocycles. The number of carbonyl (C=O) groups excluding carboxylic acids is 2. The van der Waals surface area contributed by atoms with E-state index in [9.17, 15) is 9.59 Å². The van der Waals surface area contributed by atoms with E-state index in [1.54, 1.807) is 6.07 Å². The number of nitrogens with two attached hydrogens (primary N) is 1. The maximum absolute atomic E-state index is 12.4. The summed E-state index contributed by atoms with van der Waals surface area (Å²) in [6.07, 6.45) is 22.8. The van der Waals surface area contributed by atoms with Gasteiger partial charge in [0.2, 0.25) is 0 Å². The summed E-state index contributed by atoms with van der Waals surface area (Å²) in [5, 5.41) is 3.88. The zero-order valence-electron chi connectivity index (χ0n) is 30.6. The lowest BCUT2D eigenvalue weighted by atomic mass is 9.69. The van der Waals surface area contributed by atoms with Crippen molar-refractivity contribution in [1.82, 2.24) is 10.2 Å². The summed E-state index contributed by atoms with van der Waals surface area (Å²) < 4.78 is 0. The molecule has 2 aliphatic heterocycles. The zero-order chi connectivity index (χ0) is 35.4. The van der Waals surface area contributed by atoms with Crippen molar-refractivity contribution in [3.63, 3.8) is 0 Å². The molecule has 0 bridgehead atoms. The fourth-order valence-corrected chi connectivity index (χ4v) is 10.7. The Labute approximate surface area is 310 Å². The summed E-state index contributed by atoms with van der Waals surface area (Å²) in [5.41, 5.74) is 12.7. The Morgan fingerprint density at radius 1 is 0.961 bits per heavy atom. The van der Waals surface area contributed by atoms with Crippen LogP contribution in [0.5, 0.6) is 0 Å². The molecule has 0 radical (unpaired) electrons. The van der Waals surface area contributed by atoms with Crippen molar-refractivity contribution in [2.45, 2.75) is 120 Å². The van der Waals surface area contributed by atoms with Crippen LogP contribution in [0.25, 0.3) is 0 Å². The molecule has 2 aromatic rings. The fraction of sp³-hybridized carbons (Fsp3) is 0.605. The molecule has 7 nitrogen and oxygen atoms in total. The summed E-state index contributed by atoms with van der Waals surface area (Å²) in [5.74, 6) is 3.06. The van der Waals surface area contributed by atoms with Gasteiger partial charge in [-0.1, -0.05) is 68.3 Å². The van der Waals surface area contributed by atoms with E-state index in [2.05, 4.69) is 33.3 Å². The predicted molar refractivity (Wildman–Crippen MR) is 209 cm³/mol. The van der Waals surface area contributed by atoms with Gasteiger partial charge in [-0.3, -0.25) is 14.7 Å². The zero-order valence-corrected chi connectivity index (χ0v) is 31.4. The van der Waals surface area contributed by atoms with Crippen molar-refractivity contribution in [3.05, 3.63) is 70.0 Å². The van der Waals surface area contributed by atoms with Crippen molar-refractivity contribution < 1.29 is 9.59 Å². The van der Waals surface area contributed by atoms with Crippen molar-refractivity contribution in [1.29, 1.82) is 0 Å². The number of anilines is 2. The molecule has 0 amide bonds. The van der Waals surface area contributed by atoms with E-state index in [4.69, 9.17) is 22.3 Å². The van der Waals surface area contributed by atoms with Crippen LogP contribution in [0, 0.1) is 17.8 Å². The molecule has 3 N–H and O–H groups in total. The minimum Gasteiger partial charge on any atom is -0.401 e. The van der Waals surface area contributed by atoms with Crippen LogP contribution in [0.3, 0.4) is 0 Å². The third-order valence-corrected chi connectivity index (χ3v) is 13.6. The summed E-state index contributed by atoms with van der Waals surface area (Å²) in [4.78, 5) is 34.2. The van der Waals surface area contributed by atoms with Gasteiger partial charge in [-0.2, -0.15) is 0 Å². The quantitative estimate of drug-likeness (QED) is 0.239. The highest BCUT2D eigenvalue weighted by atomic mass is 35.5. The highest BCUT2D eigenvalue weighted by molar-refractivity contribution is 6.34. The van der Waals surface area contributed by atoms with E-state index in [1.165, 1.54) is 81.0 Å². The van der Waals surface area contributed by atoms with Crippen LogP contribution in [0.1, 0.15) is 130 Å². The van der Waals surface area contributed by atoms with Crippen LogP contribution in [-0.2, 0) is 10.2 Å². The minimum atomic E-state index is -0.124. The average Bonchev–Trinajstić information content (AvgIpc) is 3.43. The summed E-state index contributed by atoms with van der Waals surface area (Å²) in [6.45, 7) is 3.39. The van der Waals surface area contributed by atoms with Crippen LogP contribution in [0.15, 0.2) is 53.3 Å². The van der Waals surface area contributed by atoms with Gasteiger partial charge in [0, 0.05) is 32.0 Å². The Morgan fingerprint density at radius 2 is 1.73 bits per heavy atom. The van der Waals surface area contributed by atoms with Crippen LogP contribution in [0.4, 0.5) is 11.4 Å². The standard InChI is InChI=1S/C43H58ClN5O2/c1-46-42-43(21-6-3-7-22-43)36-20-19-33(24-41(36)49(42)40-14-8-13-37(44)35(40)28-50)34-12-9-23-48(27-34)26-30-15-17-31(18-16-30)38(45)25-47-39(29-51)32-10-4-2-5-11-32/h8,13-14,19-20,24-25,28-32,34,39,47H,2-7,9-12,15-18,21-23,26-27,45H2,1H3/b38-25-,46-42?. The Hall–Kier alpha value is -3.16. The number of aldehydes is 2. The average molecular weight is 712 g/mol. The molecular weight excluding hydrogens is 654 g/mol. The van der Waals surface area contributed by atoms with Crippen LogP contribution in [-0.4, -0.2) is 56.0 Å². The first-order chi connectivity index (χ1) is 25.0. The number of rotatable bonds is 10. The number of piperidine rings is 1. The molecule has 274 valence electrons. The molecule has 2 unspecified atom stereocenters. The van der Waals surface area contributed by atoms with E-state index in [0.29, 0.717) is 34.3 Å². The number of allylic oxidation sites excluding steroid dienone is 1. The van der Waals surface area contributed by atoms with Gasteiger partial charge in [-0.05, 0) is 124 Å². The number of halogens is 1. The van der Waals surface area contributed by atoms with Crippen molar-refractivity contribution >= 4 is 41.4 Å². The largest absolute Gasteiger partial charge is 0.401 e. The second-order valence-corrected chi connectivity index (χ2v) is 16.7. The van der Waals surface area contributed by atoms with Crippen LogP contribution >= 0.6 is 11.6 Å². The summed E-state index contributed by atoms with van der Waals surface area (Å²) in [7, 11) is 1.91. The van der Waals surface area contributed by atoms with Gasteiger partial charge in [0.05, 0.1) is 33.4 Å².